The van der Waals surface area contributed by atoms with E-state index in [-0.39, 0.29) is 17.9 Å². The SMILES string of the molecule is CCC(C)(C)NCc1ccc(-c2ccc(Cl)cc2)o1.Cl. The number of halogens is 2. The molecule has 2 aromatic rings. The molecule has 1 aromatic heterocycles. The quantitative estimate of drug-likeness (QED) is 0.810. The zero-order valence-electron chi connectivity index (χ0n) is 12.1. The molecule has 1 N–H and O–H groups in total. The Morgan fingerprint density at radius 2 is 1.75 bits per heavy atom. The van der Waals surface area contributed by atoms with Crippen LogP contribution in [0.5, 0.6) is 0 Å². The second-order valence-corrected chi connectivity index (χ2v) is 5.80. The first-order chi connectivity index (χ1) is 9.00. The van der Waals surface area contributed by atoms with Gasteiger partial charge < -0.3 is 9.73 Å². The molecule has 0 radical (unpaired) electrons. The molecule has 0 aliphatic rings. The average molecular weight is 314 g/mol. The number of furan rings is 1. The lowest BCUT2D eigenvalue weighted by Crippen LogP contribution is -2.37. The van der Waals surface area contributed by atoms with Gasteiger partial charge in [-0.3, -0.25) is 0 Å². The van der Waals surface area contributed by atoms with Gasteiger partial charge in [-0.15, -0.1) is 12.4 Å². The molecule has 0 aliphatic carbocycles. The van der Waals surface area contributed by atoms with Crippen molar-refractivity contribution in [1.82, 2.24) is 5.32 Å². The molecule has 2 nitrogen and oxygen atoms in total. The van der Waals surface area contributed by atoms with Gasteiger partial charge in [-0.05, 0) is 56.7 Å². The largest absolute Gasteiger partial charge is 0.460 e. The minimum Gasteiger partial charge on any atom is -0.460 e. The Morgan fingerprint density at radius 3 is 2.35 bits per heavy atom. The van der Waals surface area contributed by atoms with Gasteiger partial charge in [0.2, 0.25) is 0 Å². The second-order valence-electron chi connectivity index (χ2n) is 5.36. The highest BCUT2D eigenvalue weighted by Gasteiger charge is 2.14. The average Bonchev–Trinajstić information content (AvgIpc) is 2.86. The topological polar surface area (TPSA) is 25.2 Å². The van der Waals surface area contributed by atoms with Gasteiger partial charge in [0.25, 0.3) is 0 Å². The molecule has 0 saturated carbocycles. The van der Waals surface area contributed by atoms with Crippen molar-refractivity contribution in [2.75, 3.05) is 0 Å². The van der Waals surface area contributed by atoms with Crippen molar-refractivity contribution in [2.45, 2.75) is 39.3 Å². The predicted molar refractivity (Wildman–Crippen MR) is 87.6 cm³/mol. The number of rotatable bonds is 5. The molecule has 1 aromatic carbocycles. The lowest BCUT2D eigenvalue weighted by molar-refractivity contribution is 0.353. The molecule has 0 amide bonds. The van der Waals surface area contributed by atoms with Gasteiger partial charge in [-0.1, -0.05) is 18.5 Å². The minimum absolute atomic E-state index is 0. The van der Waals surface area contributed by atoms with E-state index in [4.69, 9.17) is 16.0 Å². The third-order valence-corrected chi connectivity index (χ3v) is 3.67. The summed E-state index contributed by atoms with van der Waals surface area (Å²) in [5.74, 6) is 1.83. The summed E-state index contributed by atoms with van der Waals surface area (Å²) >= 11 is 5.88. The first kappa shape index (κ1) is 17.1. The fourth-order valence-electron chi connectivity index (χ4n) is 1.69. The first-order valence-corrected chi connectivity index (χ1v) is 6.98. The molecule has 20 heavy (non-hydrogen) atoms. The summed E-state index contributed by atoms with van der Waals surface area (Å²) in [7, 11) is 0. The van der Waals surface area contributed by atoms with E-state index in [1.165, 1.54) is 0 Å². The van der Waals surface area contributed by atoms with Crippen molar-refractivity contribution in [3.63, 3.8) is 0 Å². The number of nitrogens with one attached hydrogen (secondary N) is 1. The lowest BCUT2D eigenvalue weighted by atomic mass is 10.0. The van der Waals surface area contributed by atoms with E-state index in [0.717, 1.165) is 35.1 Å². The van der Waals surface area contributed by atoms with E-state index < -0.39 is 0 Å². The van der Waals surface area contributed by atoms with E-state index in [9.17, 15) is 0 Å². The molecule has 0 fully saturated rings. The van der Waals surface area contributed by atoms with Crippen LogP contribution in [-0.4, -0.2) is 5.54 Å². The van der Waals surface area contributed by atoms with Gasteiger partial charge >= 0.3 is 0 Å². The van der Waals surface area contributed by atoms with Gasteiger partial charge in [0.05, 0.1) is 6.54 Å². The molecule has 0 saturated heterocycles. The second kappa shape index (κ2) is 7.16. The van der Waals surface area contributed by atoms with E-state index >= 15 is 0 Å². The molecule has 0 spiro atoms. The van der Waals surface area contributed by atoms with Gasteiger partial charge in [0, 0.05) is 16.1 Å². The van der Waals surface area contributed by atoms with Crippen LogP contribution in [0, 0.1) is 0 Å². The zero-order valence-corrected chi connectivity index (χ0v) is 13.6. The van der Waals surface area contributed by atoms with Crippen molar-refractivity contribution in [3.8, 4) is 11.3 Å². The highest BCUT2D eigenvalue weighted by molar-refractivity contribution is 6.30. The Kier molecular flexibility index (Phi) is 6.12. The summed E-state index contributed by atoms with van der Waals surface area (Å²) in [6, 6.07) is 11.7. The van der Waals surface area contributed by atoms with Crippen LogP contribution in [-0.2, 0) is 6.54 Å². The van der Waals surface area contributed by atoms with E-state index in [1.54, 1.807) is 0 Å². The van der Waals surface area contributed by atoms with Crippen molar-refractivity contribution in [1.29, 1.82) is 0 Å². The monoisotopic (exact) mass is 313 g/mol. The first-order valence-electron chi connectivity index (χ1n) is 6.60. The summed E-state index contributed by atoms with van der Waals surface area (Å²) in [5.41, 5.74) is 1.18. The lowest BCUT2D eigenvalue weighted by Gasteiger charge is -2.23. The summed E-state index contributed by atoms with van der Waals surface area (Å²) in [6.45, 7) is 7.30. The molecule has 0 bridgehead atoms. The number of hydrogen-bond acceptors (Lipinski definition) is 2. The molecule has 0 aliphatic heterocycles. The van der Waals surface area contributed by atoms with Gasteiger partial charge in [0.15, 0.2) is 0 Å². The van der Waals surface area contributed by atoms with E-state index in [0.29, 0.717) is 0 Å². The molecule has 4 heteroatoms. The van der Waals surface area contributed by atoms with Gasteiger partial charge in [-0.2, -0.15) is 0 Å². The maximum atomic E-state index is 5.88. The fraction of sp³-hybridized carbons (Fsp3) is 0.375. The van der Waals surface area contributed by atoms with E-state index in [1.807, 2.05) is 36.4 Å². The molecule has 2 rings (SSSR count). The fourth-order valence-corrected chi connectivity index (χ4v) is 1.82. The number of hydrogen-bond donors (Lipinski definition) is 1. The molecule has 0 unspecified atom stereocenters. The van der Waals surface area contributed by atoms with Crippen LogP contribution in [0.25, 0.3) is 11.3 Å². The van der Waals surface area contributed by atoms with Crippen molar-refractivity contribution >= 4 is 24.0 Å². The number of benzene rings is 1. The van der Waals surface area contributed by atoms with Crippen LogP contribution in [0.3, 0.4) is 0 Å². The smallest absolute Gasteiger partial charge is 0.134 e. The van der Waals surface area contributed by atoms with Gasteiger partial charge in [-0.25, -0.2) is 0 Å². The Bertz CT molecular complexity index is 532. The van der Waals surface area contributed by atoms with Crippen LogP contribution in [0.2, 0.25) is 5.02 Å². The molecule has 0 atom stereocenters. The standard InChI is InChI=1S/C16H20ClNO.ClH/c1-4-16(2,3)18-11-14-9-10-15(19-14)12-5-7-13(17)8-6-12;/h5-10,18H,4,11H2,1-3H3;1H. The van der Waals surface area contributed by atoms with Crippen LogP contribution in [0.4, 0.5) is 0 Å². The normalized spacial score (nSPS) is 11.2. The molecular formula is C16H21Cl2NO. The predicted octanol–water partition coefficient (Wildman–Crippen LogP) is 5.30. The summed E-state index contributed by atoms with van der Waals surface area (Å²) in [5, 5.41) is 4.22. The summed E-state index contributed by atoms with van der Waals surface area (Å²) in [4.78, 5) is 0. The summed E-state index contributed by atoms with van der Waals surface area (Å²) in [6.07, 6.45) is 1.08. The van der Waals surface area contributed by atoms with Crippen LogP contribution >= 0.6 is 24.0 Å². The molecular weight excluding hydrogens is 293 g/mol. The maximum Gasteiger partial charge on any atom is 0.134 e. The molecule has 110 valence electrons. The summed E-state index contributed by atoms with van der Waals surface area (Å²) < 4.78 is 5.84. The zero-order chi connectivity index (χ0) is 13.9. The highest BCUT2D eigenvalue weighted by atomic mass is 35.5. The Labute approximate surface area is 131 Å². The minimum atomic E-state index is 0. The van der Waals surface area contributed by atoms with Crippen LogP contribution in [0.1, 0.15) is 33.0 Å². The van der Waals surface area contributed by atoms with Crippen molar-refractivity contribution < 1.29 is 4.42 Å². The van der Waals surface area contributed by atoms with E-state index in [2.05, 4.69) is 26.1 Å². The van der Waals surface area contributed by atoms with Crippen LogP contribution < -0.4 is 5.32 Å². The molecule has 1 heterocycles. The Hall–Kier alpha value is -0.960. The van der Waals surface area contributed by atoms with Crippen molar-refractivity contribution in [3.05, 3.63) is 47.2 Å². The van der Waals surface area contributed by atoms with Crippen LogP contribution in [0.15, 0.2) is 40.8 Å². The highest BCUT2D eigenvalue weighted by Crippen LogP contribution is 2.24. The Balaban J connectivity index is 0.00000200. The van der Waals surface area contributed by atoms with Gasteiger partial charge in [0.1, 0.15) is 11.5 Å². The Morgan fingerprint density at radius 1 is 1.10 bits per heavy atom. The third kappa shape index (κ3) is 4.55. The van der Waals surface area contributed by atoms with Crippen molar-refractivity contribution in [2.24, 2.45) is 0 Å². The third-order valence-electron chi connectivity index (χ3n) is 3.42. The maximum absolute atomic E-state index is 5.88.